The summed E-state index contributed by atoms with van der Waals surface area (Å²) in [4.78, 5) is 11.7. The molecular weight excluding hydrogens is 214 g/mol. The van der Waals surface area contributed by atoms with Gasteiger partial charge in [-0.05, 0) is 12.8 Å². The van der Waals surface area contributed by atoms with Gasteiger partial charge in [-0.2, -0.15) is 0 Å². The number of nitrogens with zero attached hydrogens (tertiary/aromatic N) is 3. The van der Waals surface area contributed by atoms with Crippen LogP contribution in [-0.2, 0) is 13.1 Å². The predicted octanol–water partition coefficient (Wildman–Crippen LogP) is 1.27. The summed E-state index contributed by atoms with van der Waals surface area (Å²) in [6.07, 6.45) is 10.1. The van der Waals surface area contributed by atoms with Crippen LogP contribution in [0.5, 0.6) is 0 Å². The summed E-state index contributed by atoms with van der Waals surface area (Å²) in [5, 5.41) is 3.44. The van der Waals surface area contributed by atoms with Gasteiger partial charge in [0.25, 0.3) is 0 Å². The van der Waals surface area contributed by atoms with Gasteiger partial charge in [0.05, 0.1) is 6.54 Å². The molecule has 2 aromatic rings. The highest BCUT2D eigenvalue weighted by Crippen LogP contribution is 2.24. The lowest BCUT2D eigenvalue weighted by atomic mass is 9.99. The molecule has 3 heterocycles. The van der Waals surface area contributed by atoms with E-state index in [1.54, 1.807) is 6.20 Å². The van der Waals surface area contributed by atoms with Crippen LogP contribution in [0.1, 0.15) is 30.4 Å². The minimum atomic E-state index is 0.536. The molecule has 1 aliphatic rings. The molecule has 1 aliphatic heterocycles. The van der Waals surface area contributed by atoms with E-state index < -0.39 is 0 Å². The van der Waals surface area contributed by atoms with E-state index in [4.69, 9.17) is 0 Å². The zero-order chi connectivity index (χ0) is 11.5. The zero-order valence-electron chi connectivity index (χ0n) is 9.76. The topological polar surface area (TPSA) is 58.5 Å². The van der Waals surface area contributed by atoms with Gasteiger partial charge in [-0.1, -0.05) is 0 Å². The van der Waals surface area contributed by atoms with Crippen molar-refractivity contribution in [3.8, 4) is 0 Å². The largest absolute Gasteiger partial charge is 0.348 e. The van der Waals surface area contributed by atoms with E-state index in [1.165, 1.54) is 18.7 Å². The van der Waals surface area contributed by atoms with Gasteiger partial charge < -0.3 is 14.9 Å². The first-order chi connectivity index (χ1) is 8.43. The highest BCUT2D eigenvalue weighted by Gasteiger charge is 2.20. The Morgan fingerprint density at radius 1 is 1.41 bits per heavy atom. The maximum absolute atomic E-state index is 4.45. The molecule has 1 unspecified atom stereocenters. The maximum Gasteiger partial charge on any atom is 0.120 e. The Hall–Kier alpha value is -1.62. The Balaban J connectivity index is 1.57. The second-order valence-corrected chi connectivity index (χ2v) is 4.48. The van der Waals surface area contributed by atoms with Gasteiger partial charge >= 0.3 is 0 Å². The van der Waals surface area contributed by atoms with Crippen LogP contribution in [-0.4, -0.2) is 26.1 Å². The molecule has 0 bridgehead atoms. The Kier molecular flexibility index (Phi) is 2.92. The number of H-pyrrole nitrogens is 1. The Bertz CT molecular complexity index is 459. The van der Waals surface area contributed by atoms with Crippen LogP contribution >= 0.6 is 0 Å². The minimum Gasteiger partial charge on any atom is -0.348 e. The lowest BCUT2D eigenvalue weighted by molar-refractivity contribution is 0.421. The van der Waals surface area contributed by atoms with Crippen molar-refractivity contribution in [1.82, 2.24) is 24.8 Å². The smallest absolute Gasteiger partial charge is 0.120 e. The number of aryl methyl sites for hydroxylation is 1. The van der Waals surface area contributed by atoms with E-state index in [0.717, 1.165) is 25.5 Å². The molecule has 2 N–H and O–H groups in total. The van der Waals surface area contributed by atoms with E-state index in [9.17, 15) is 0 Å². The van der Waals surface area contributed by atoms with Gasteiger partial charge in [0.15, 0.2) is 0 Å². The van der Waals surface area contributed by atoms with Gasteiger partial charge in [0.1, 0.15) is 11.6 Å². The van der Waals surface area contributed by atoms with E-state index in [-0.39, 0.29) is 0 Å². The van der Waals surface area contributed by atoms with E-state index in [2.05, 4.69) is 31.0 Å². The molecule has 1 atom stereocenters. The SMILES string of the molecule is c1c[nH]c(CNCC2CCCn3ccnc32)n1. The fourth-order valence-electron chi connectivity index (χ4n) is 2.46. The van der Waals surface area contributed by atoms with Crippen LogP contribution in [0.25, 0.3) is 0 Å². The van der Waals surface area contributed by atoms with E-state index in [0.29, 0.717) is 5.92 Å². The molecule has 5 heteroatoms. The molecule has 0 spiro atoms. The first-order valence-electron chi connectivity index (χ1n) is 6.13. The van der Waals surface area contributed by atoms with Crippen molar-refractivity contribution in [3.05, 3.63) is 36.4 Å². The number of hydrogen-bond acceptors (Lipinski definition) is 3. The molecular formula is C12H17N5. The van der Waals surface area contributed by atoms with Crippen LogP contribution < -0.4 is 5.32 Å². The number of imidazole rings is 2. The van der Waals surface area contributed by atoms with Gasteiger partial charge in [0, 0.05) is 43.8 Å². The van der Waals surface area contributed by atoms with Crippen molar-refractivity contribution < 1.29 is 0 Å². The van der Waals surface area contributed by atoms with Crippen LogP contribution in [0.2, 0.25) is 0 Å². The van der Waals surface area contributed by atoms with Crippen LogP contribution in [0, 0.1) is 0 Å². The third-order valence-corrected chi connectivity index (χ3v) is 3.30. The molecule has 0 aromatic carbocycles. The van der Waals surface area contributed by atoms with E-state index >= 15 is 0 Å². The lowest BCUT2D eigenvalue weighted by Crippen LogP contribution is -2.26. The monoisotopic (exact) mass is 231 g/mol. The summed E-state index contributed by atoms with van der Waals surface area (Å²) >= 11 is 0. The average Bonchev–Trinajstić information content (AvgIpc) is 2.99. The fourth-order valence-corrected chi connectivity index (χ4v) is 2.46. The summed E-state index contributed by atoms with van der Waals surface area (Å²) in [5.41, 5.74) is 0. The third-order valence-electron chi connectivity index (χ3n) is 3.30. The van der Waals surface area contributed by atoms with Crippen molar-refractivity contribution in [3.63, 3.8) is 0 Å². The Morgan fingerprint density at radius 2 is 2.41 bits per heavy atom. The number of fused-ring (bicyclic) bond motifs is 1. The second-order valence-electron chi connectivity index (χ2n) is 4.48. The van der Waals surface area contributed by atoms with Gasteiger partial charge in [0.2, 0.25) is 0 Å². The minimum absolute atomic E-state index is 0.536. The normalized spacial score (nSPS) is 19.2. The lowest BCUT2D eigenvalue weighted by Gasteiger charge is -2.23. The number of hydrogen-bond donors (Lipinski definition) is 2. The van der Waals surface area contributed by atoms with Crippen molar-refractivity contribution >= 4 is 0 Å². The first-order valence-corrected chi connectivity index (χ1v) is 6.13. The average molecular weight is 231 g/mol. The summed E-state index contributed by atoms with van der Waals surface area (Å²) in [7, 11) is 0. The molecule has 0 saturated heterocycles. The standard InChI is InChI=1S/C12H17N5/c1-2-10(12-16-5-7-17(12)6-1)8-13-9-11-14-3-4-15-11/h3-5,7,10,13H,1-2,6,8-9H2,(H,14,15). The molecule has 90 valence electrons. The van der Waals surface area contributed by atoms with Gasteiger partial charge in [-0.3, -0.25) is 0 Å². The number of aromatic nitrogens is 4. The molecule has 3 rings (SSSR count). The fraction of sp³-hybridized carbons (Fsp3) is 0.500. The van der Waals surface area contributed by atoms with Crippen LogP contribution in [0.3, 0.4) is 0 Å². The quantitative estimate of drug-likeness (QED) is 0.833. The Morgan fingerprint density at radius 3 is 3.29 bits per heavy atom. The Labute approximate surface area is 100 Å². The van der Waals surface area contributed by atoms with Crippen molar-refractivity contribution in [2.75, 3.05) is 6.54 Å². The van der Waals surface area contributed by atoms with Crippen LogP contribution in [0.4, 0.5) is 0 Å². The predicted molar refractivity (Wildman–Crippen MR) is 64.5 cm³/mol. The van der Waals surface area contributed by atoms with Crippen LogP contribution in [0.15, 0.2) is 24.8 Å². The number of nitrogens with one attached hydrogen (secondary N) is 2. The third kappa shape index (κ3) is 2.24. The summed E-state index contributed by atoms with van der Waals surface area (Å²) in [6, 6.07) is 0. The first kappa shape index (κ1) is 10.5. The molecule has 5 nitrogen and oxygen atoms in total. The summed E-state index contributed by atoms with van der Waals surface area (Å²) in [5.74, 6) is 2.75. The number of rotatable bonds is 4. The maximum atomic E-state index is 4.45. The highest BCUT2D eigenvalue weighted by molar-refractivity contribution is 5.04. The molecule has 2 aromatic heterocycles. The van der Waals surface area contributed by atoms with Crippen molar-refractivity contribution in [1.29, 1.82) is 0 Å². The highest BCUT2D eigenvalue weighted by atomic mass is 15.1. The number of aromatic amines is 1. The van der Waals surface area contributed by atoms with Crippen molar-refractivity contribution in [2.24, 2.45) is 0 Å². The van der Waals surface area contributed by atoms with Crippen molar-refractivity contribution in [2.45, 2.75) is 31.8 Å². The van der Waals surface area contributed by atoms with Gasteiger partial charge in [-0.25, -0.2) is 9.97 Å². The van der Waals surface area contributed by atoms with E-state index in [1.807, 2.05) is 12.4 Å². The zero-order valence-corrected chi connectivity index (χ0v) is 9.76. The molecule has 0 fully saturated rings. The molecule has 0 amide bonds. The summed E-state index contributed by atoms with van der Waals surface area (Å²) in [6.45, 7) is 2.88. The molecule has 0 radical (unpaired) electrons. The molecule has 0 aliphatic carbocycles. The van der Waals surface area contributed by atoms with Gasteiger partial charge in [-0.15, -0.1) is 0 Å². The molecule has 17 heavy (non-hydrogen) atoms. The second kappa shape index (κ2) is 4.71. The molecule has 0 saturated carbocycles. The summed E-state index contributed by atoms with van der Waals surface area (Å²) < 4.78 is 2.27.